The number of esters is 1. The highest BCUT2D eigenvalue weighted by molar-refractivity contribution is 9.11. The maximum Gasteiger partial charge on any atom is 0.305 e. The predicted molar refractivity (Wildman–Crippen MR) is 39.3 cm³/mol. The van der Waals surface area contributed by atoms with E-state index in [0.29, 0.717) is 6.42 Å². The SMILES string of the molecule is COC(=O)CCC=CBr. The summed E-state index contributed by atoms with van der Waals surface area (Å²) >= 11 is 3.09. The summed E-state index contributed by atoms with van der Waals surface area (Å²) in [5, 5.41) is 0. The molecule has 0 saturated carbocycles. The molecular weight excluding hydrogens is 184 g/mol. The maximum absolute atomic E-state index is 10.4. The number of hydrogen-bond acceptors (Lipinski definition) is 2. The molecule has 0 aromatic carbocycles. The summed E-state index contributed by atoms with van der Waals surface area (Å²) < 4.78 is 4.41. The van der Waals surface area contributed by atoms with Gasteiger partial charge in [0.25, 0.3) is 0 Å². The predicted octanol–water partition coefficient (Wildman–Crippen LogP) is 1.85. The number of rotatable bonds is 3. The molecule has 0 atom stereocenters. The van der Waals surface area contributed by atoms with Crippen molar-refractivity contribution in [2.75, 3.05) is 7.11 Å². The van der Waals surface area contributed by atoms with E-state index in [1.165, 1.54) is 7.11 Å². The Balaban J connectivity index is 3.17. The Hall–Kier alpha value is -0.310. The molecule has 0 fully saturated rings. The second kappa shape index (κ2) is 5.82. The smallest absolute Gasteiger partial charge is 0.305 e. The monoisotopic (exact) mass is 192 g/mol. The number of carbonyl (C=O) groups is 1. The van der Waals surface area contributed by atoms with Crippen LogP contribution in [0.3, 0.4) is 0 Å². The fourth-order valence-corrected chi connectivity index (χ4v) is 0.631. The van der Waals surface area contributed by atoms with Crippen molar-refractivity contribution in [3.8, 4) is 0 Å². The van der Waals surface area contributed by atoms with Gasteiger partial charge in [-0.05, 0) is 11.4 Å². The second-order valence-electron chi connectivity index (χ2n) is 1.48. The Bertz CT molecular complexity index is 110. The van der Waals surface area contributed by atoms with Gasteiger partial charge >= 0.3 is 5.97 Å². The van der Waals surface area contributed by atoms with E-state index in [2.05, 4.69) is 20.7 Å². The number of halogens is 1. The number of methoxy groups -OCH3 is 1. The van der Waals surface area contributed by atoms with E-state index in [1.54, 1.807) is 4.99 Å². The zero-order chi connectivity index (χ0) is 7.11. The van der Waals surface area contributed by atoms with Crippen molar-refractivity contribution >= 4 is 21.9 Å². The molecule has 0 aliphatic heterocycles. The average Bonchev–Trinajstić information content (AvgIpc) is 1.89. The molecule has 3 heteroatoms. The molecule has 2 nitrogen and oxygen atoms in total. The van der Waals surface area contributed by atoms with Crippen molar-refractivity contribution in [2.24, 2.45) is 0 Å². The normalized spacial score (nSPS) is 10.0. The minimum atomic E-state index is -0.166. The van der Waals surface area contributed by atoms with Crippen molar-refractivity contribution in [3.63, 3.8) is 0 Å². The van der Waals surface area contributed by atoms with E-state index in [4.69, 9.17) is 0 Å². The summed E-state index contributed by atoms with van der Waals surface area (Å²) in [6.07, 6.45) is 3.05. The van der Waals surface area contributed by atoms with E-state index in [9.17, 15) is 4.79 Å². The van der Waals surface area contributed by atoms with E-state index >= 15 is 0 Å². The molecule has 0 saturated heterocycles. The van der Waals surface area contributed by atoms with Gasteiger partial charge in [0.1, 0.15) is 0 Å². The van der Waals surface area contributed by atoms with Gasteiger partial charge in [-0.25, -0.2) is 0 Å². The van der Waals surface area contributed by atoms with Crippen molar-refractivity contribution in [3.05, 3.63) is 11.1 Å². The number of hydrogen-bond donors (Lipinski definition) is 0. The molecule has 0 heterocycles. The lowest BCUT2D eigenvalue weighted by atomic mass is 10.3. The van der Waals surface area contributed by atoms with Crippen molar-refractivity contribution < 1.29 is 9.53 Å². The summed E-state index contributed by atoms with van der Waals surface area (Å²) in [6, 6.07) is 0. The zero-order valence-electron chi connectivity index (χ0n) is 5.26. The van der Waals surface area contributed by atoms with Gasteiger partial charge in [0.05, 0.1) is 7.11 Å². The van der Waals surface area contributed by atoms with Crippen LogP contribution in [-0.2, 0) is 9.53 Å². The third-order valence-corrected chi connectivity index (χ3v) is 1.21. The molecule has 0 aromatic heterocycles. The summed E-state index contributed by atoms with van der Waals surface area (Å²) in [7, 11) is 1.39. The van der Waals surface area contributed by atoms with Crippen LogP contribution in [0.25, 0.3) is 0 Å². The Kier molecular flexibility index (Phi) is 5.62. The van der Waals surface area contributed by atoms with Gasteiger partial charge in [-0.2, -0.15) is 0 Å². The third-order valence-electron chi connectivity index (χ3n) is 0.832. The van der Waals surface area contributed by atoms with Gasteiger partial charge in [-0.3, -0.25) is 4.79 Å². The summed E-state index contributed by atoms with van der Waals surface area (Å²) in [5.41, 5.74) is 0. The lowest BCUT2D eigenvalue weighted by Gasteiger charge is -1.92. The Morgan fingerprint density at radius 1 is 1.78 bits per heavy atom. The van der Waals surface area contributed by atoms with Gasteiger partial charge < -0.3 is 4.74 Å². The molecule has 0 aliphatic carbocycles. The van der Waals surface area contributed by atoms with Crippen LogP contribution >= 0.6 is 15.9 Å². The number of ether oxygens (including phenoxy) is 1. The molecule has 0 spiro atoms. The highest BCUT2D eigenvalue weighted by Gasteiger charge is 1.94. The first kappa shape index (κ1) is 8.69. The standard InChI is InChI=1S/C6H9BrO2/c1-9-6(8)4-2-3-5-7/h3,5H,2,4H2,1H3. The first-order chi connectivity index (χ1) is 4.31. The number of carbonyl (C=O) groups excluding carboxylic acids is 1. The fourth-order valence-electron chi connectivity index (χ4n) is 0.366. The molecule has 0 radical (unpaired) electrons. The van der Waals surface area contributed by atoms with Gasteiger partial charge in [0, 0.05) is 6.42 Å². The molecule has 0 rings (SSSR count). The highest BCUT2D eigenvalue weighted by Crippen LogP contribution is 1.94. The Morgan fingerprint density at radius 3 is 2.89 bits per heavy atom. The first-order valence-corrected chi connectivity index (χ1v) is 3.55. The minimum absolute atomic E-state index is 0.166. The second-order valence-corrected chi connectivity index (χ2v) is 2.01. The quantitative estimate of drug-likeness (QED) is 0.639. The third kappa shape index (κ3) is 5.56. The van der Waals surface area contributed by atoms with E-state index in [1.807, 2.05) is 6.08 Å². The van der Waals surface area contributed by atoms with Crippen LogP contribution in [0.4, 0.5) is 0 Å². The van der Waals surface area contributed by atoms with Gasteiger partial charge in [0.2, 0.25) is 0 Å². The van der Waals surface area contributed by atoms with Crippen LogP contribution in [0.15, 0.2) is 11.1 Å². The molecule has 52 valence electrons. The van der Waals surface area contributed by atoms with Crippen molar-refractivity contribution in [1.82, 2.24) is 0 Å². The first-order valence-electron chi connectivity index (χ1n) is 2.63. The van der Waals surface area contributed by atoms with E-state index in [0.717, 1.165) is 6.42 Å². The van der Waals surface area contributed by atoms with Crippen molar-refractivity contribution in [1.29, 1.82) is 0 Å². The molecule has 0 unspecified atom stereocenters. The summed E-state index contributed by atoms with van der Waals surface area (Å²) in [6.45, 7) is 0. The van der Waals surface area contributed by atoms with Crippen LogP contribution in [0.1, 0.15) is 12.8 Å². The lowest BCUT2D eigenvalue weighted by Crippen LogP contribution is -1.97. The molecule has 0 amide bonds. The topological polar surface area (TPSA) is 26.3 Å². The van der Waals surface area contributed by atoms with Crippen molar-refractivity contribution in [2.45, 2.75) is 12.8 Å². The van der Waals surface area contributed by atoms with Crippen LogP contribution in [0.5, 0.6) is 0 Å². The van der Waals surface area contributed by atoms with Gasteiger partial charge in [-0.1, -0.05) is 22.0 Å². The van der Waals surface area contributed by atoms with E-state index in [-0.39, 0.29) is 5.97 Å². The lowest BCUT2D eigenvalue weighted by molar-refractivity contribution is -0.140. The molecule has 0 bridgehead atoms. The van der Waals surface area contributed by atoms with E-state index < -0.39 is 0 Å². The van der Waals surface area contributed by atoms with Gasteiger partial charge in [0.15, 0.2) is 0 Å². The Labute approximate surface area is 63.0 Å². The average molecular weight is 193 g/mol. The largest absolute Gasteiger partial charge is 0.469 e. The van der Waals surface area contributed by atoms with Crippen LogP contribution in [-0.4, -0.2) is 13.1 Å². The molecule has 0 aliphatic rings. The molecular formula is C6H9BrO2. The molecule has 0 aromatic rings. The number of allylic oxidation sites excluding steroid dienone is 1. The fraction of sp³-hybridized carbons (Fsp3) is 0.500. The minimum Gasteiger partial charge on any atom is -0.469 e. The van der Waals surface area contributed by atoms with Crippen LogP contribution < -0.4 is 0 Å². The maximum atomic E-state index is 10.4. The Morgan fingerprint density at radius 2 is 2.44 bits per heavy atom. The zero-order valence-corrected chi connectivity index (χ0v) is 6.85. The molecule has 0 N–H and O–H groups in total. The van der Waals surface area contributed by atoms with Gasteiger partial charge in [-0.15, -0.1) is 0 Å². The summed E-state index contributed by atoms with van der Waals surface area (Å²) in [4.78, 5) is 12.1. The van der Waals surface area contributed by atoms with Crippen LogP contribution in [0.2, 0.25) is 0 Å². The molecule has 9 heavy (non-hydrogen) atoms. The summed E-state index contributed by atoms with van der Waals surface area (Å²) in [5.74, 6) is -0.166. The van der Waals surface area contributed by atoms with Crippen LogP contribution in [0, 0.1) is 0 Å². The highest BCUT2D eigenvalue weighted by atomic mass is 79.9.